The van der Waals surface area contributed by atoms with Gasteiger partial charge in [-0.3, -0.25) is 28.8 Å². The van der Waals surface area contributed by atoms with Gasteiger partial charge in [0.15, 0.2) is 41.1 Å². The molecular weight excluding hydrogens is 1560 g/mol. The van der Waals surface area contributed by atoms with Gasteiger partial charge in [-0.15, -0.1) is 0 Å². The van der Waals surface area contributed by atoms with E-state index in [9.17, 15) is 83.7 Å². The van der Waals surface area contributed by atoms with Crippen molar-refractivity contribution in [2.45, 2.75) is 236 Å². The lowest BCUT2D eigenvalue weighted by atomic mass is 9.44. The summed E-state index contributed by atoms with van der Waals surface area (Å²) in [4.78, 5) is 152. The van der Waals surface area contributed by atoms with Gasteiger partial charge in [-0.25, -0.2) is 24.0 Å². The average Bonchev–Trinajstić information content (AvgIpc) is 0.672. The van der Waals surface area contributed by atoms with Crippen LogP contribution in [0.15, 0.2) is 174 Å². The Morgan fingerprint density at radius 1 is 0.475 bits per heavy atom. The highest BCUT2D eigenvalue weighted by Gasteiger charge is 2.81. The first-order valence-corrected chi connectivity index (χ1v) is 39.8. The third-order valence-corrected chi connectivity index (χ3v) is 26.0. The molecule has 8 aliphatic rings. The van der Waals surface area contributed by atoms with Gasteiger partial charge in [0.05, 0.1) is 71.3 Å². The number of fused-ring (bicyclic) bond motifs is 10. The number of carbonyl (C=O) groups is 11. The molecule has 120 heavy (non-hydrogen) atoms. The van der Waals surface area contributed by atoms with Crippen LogP contribution in [0.4, 0.5) is 4.79 Å². The Kier molecular flexibility index (Phi) is 24.6. The van der Waals surface area contributed by atoms with Gasteiger partial charge in [-0.05, 0) is 118 Å². The van der Waals surface area contributed by atoms with E-state index in [-0.39, 0.29) is 65.0 Å². The number of ether oxygens (including phenoxy) is 10. The van der Waals surface area contributed by atoms with Crippen LogP contribution in [0.1, 0.15) is 177 Å². The molecule has 2 saturated heterocycles. The summed E-state index contributed by atoms with van der Waals surface area (Å²) in [6.07, 6.45) is -22.0. The predicted molar refractivity (Wildman–Crippen MR) is 421 cm³/mol. The second-order valence-electron chi connectivity index (χ2n) is 34.9. The number of benzene rings is 5. The first-order chi connectivity index (χ1) is 56.3. The highest BCUT2D eigenvalue weighted by Crippen LogP contribution is 2.67. The lowest BCUT2D eigenvalue weighted by Crippen LogP contribution is -2.82. The van der Waals surface area contributed by atoms with Crippen molar-refractivity contribution in [3.63, 3.8) is 0 Å². The Balaban J connectivity index is 0.000000221. The van der Waals surface area contributed by atoms with Crippen LogP contribution in [0.2, 0.25) is 0 Å². The molecule has 0 aromatic heterocycles. The van der Waals surface area contributed by atoms with Gasteiger partial charge in [-0.1, -0.05) is 143 Å². The minimum atomic E-state index is -2.39. The van der Waals surface area contributed by atoms with Crippen molar-refractivity contribution in [2.24, 2.45) is 33.5 Å². The number of rotatable bonds is 18. The summed E-state index contributed by atoms with van der Waals surface area (Å²) in [6, 6.07) is 37.6. The number of Topliss-reactive ketones (excluding diaryl/α,β-unsaturated/α-hetero) is 2. The van der Waals surface area contributed by atoms with Crippen molar-refractivity contribution in [1.82, 2.24) is 10.6 Å². The van der Waals surface area contributed by atoms with Crippen molar-refractivity contribution in [3.8, 4) is 0 Å². The third-order valence-electron chi connectivity index (χ3n) is 26.0. The molecule has 2 aliphatic heterocycles. The number of carbonyl (C=O) groups excluding carboxylic acids is 11. The molecule has 6 fully saturated rings. The molecule has 30 heteroatoms. The molecule has 0 radical (unpaired) electrons. The zero-order valence-electron chi connectivity index (χ0n) is 69.1. The molecule has 5 aromatic rings. The predicted octanol–water partition coefficient (Wildman–Crippen LogP) is 7.00. The molecule has 0 spiro atoms. The Labute approximate surface area is 693 Å². The van der Waals surface area contributed by atoms with Crippen LogP contribution < -0.4 is 10.6 Å². The smallest absolute Gasteiger partial charge is 0.408 e. The Bertz CT molecular complexity index is 4860. The number of nitrogens with one attached hydrogen (secondary N) is 2. The lowest BCUT2D eigenvalue weighted by Gasteiger charge is -2.67. The van der Waals surface area contributed by atoms with Crippen molar-refractivity contribution >= 4 is 65.4 Å². The van der Waals surface area contributed by atoms with E-state index in [4.69, 9.17) is 47.4 Å². The molecule has 3 unspecified atom stereocenters. The Morgan fingerprint density at radius 2 is 0.833 bits per heavy atom. The molecule has 5 aromatic carbocycles. The van der Waals surface area contributed by atoms with Gasteiger partial charge in [0.1, 0.15) is 59.5 Å². The van der Waals surface area contributed by atoms with E-state index in [0.29, 0.717) is 11.1 Å². The third kappa shape index (κ3) is 15.5. The molecule has 642 valence electrons. The van der Waals surface area contributed by atoms with E-state index in [1.165, 1.54) is 52.0 Å². The molecule has 4 saturated carbocycles. The van der Waals surface area contributed by atoms with E-state index in [1.54, 1.807) is 176 Å². The largest absolute Gasteiger partial charge is 0.456 e. The van der Waals surface area contributed by atoms with E-state index >= 15 is 4.79 Å². The second kappa shape index (κ2) is 33.2. The average molecular weight is 1660 g/mol. The van der Waals surface area contributed by atoms with Crippen LogP contribution in [0.5, 0.6) is 0 Å². The van der Waals surface area contributed by atoms with E-state index in [1.807, 2.05) is 0 Å². The summed E-state index contributed by atoms with van der Waals surface area (Å²) >= 11 is 0. The minimum absolute atomic E-state index is 0.00289. The standard InChI is InChI=1S/C47H51NO14.C43H53NO14/c1-25-31(60-43(56)36(52)35(28-16-10-7-11-17-28)48-41(54)29-18-12-8-13-19-29)23-47(57)40(61-42(55)30-20-14-9-15-21-30)38-45(6,32(51)22-33-46(38,24-58-33)62-27(3)50)39(53)37(59-26(2)49)34(25)44(47,4)5;1-22-26(55-37(51)32(48)30(24-15-11-9-12-16-24)44-38(52)58-39(3,4)5)20-43(53)35(56-36(50)25-17-13-10-14-18-25)33-41(8,34(49)31(47)29(22)40(43,6)7)27(46)19-28-42(33,21-54-28)57-23(2)45/h7-21,31-33,35-38,40,51-52,57H,22-24H2,1-6H3,(H,48,54);9-18,26-28,30-33,35,46-48,53H,19-21H2,1-8H3,(H,44,52)/t31?,32-,33+,35?,36+,37+,38-,40-,45+,46-,47+;26?,27-,28+,30+,31+,32+,33-,35-,41+,42-,43+/m00/s1. The summed E-state index contributed by atoms with van der Waals surface area (Å²) in [7, 11) is 0. The van der Waals surface area contributed by atoms with Crippen LogP contribution in [-0.4, -0.2) is 216 Å². The van der Waals surface area contributed by atoms with Gasteiger partial charge < -0.3 is 93.7 Å². The van der Waals surface area contributed by atoms with Crippen molar-refractivity contribution in [2.75, 3.05) is 13.2 Å². The van der Waals surface area contributed by atoms with Gasteiger partial charge >= 0.3 is 47.9 Å². The van der Waals surface area contributed by atoms with Crippen LogP contribution in [-0.2, 0) is 80.9 Å². The van der Waals surface area contributed by atoms with Crippen molar-refractivity contribution in [1.29, 1.82) is 0 Å². The Morgan fingerprint density at radius 3 is 1.20 bits per heavy atom. The SMILES string of the molecule is CC(=O)O[C@@]12CO[C@@H]1C[C@H](O)[C@@]1(C)C(=O)[C@H](O)C3=C(C)C(OC(=O)[C@H](O)[C@H](NC(=O)OC(C)(C)C)c4ccccc4)C[C@@](O)([C@@H](OC(=O)c4ccccc4)[C@H]21)C3(C)C.CC(=O)O[C@H]1C(=O)[C@@]2(C)[C@H]([C@H](OC(=O)c3ccccc3)[C@]3(O)CC(OC(=O)[C@H](O)C(NC(=O)c4ccccc4)c4ccccc4)C(C)=C1C3(C)C)[C@]1(OC(C)=O)CO[C@@H]1C[C@@H]2O. The summed E-state index contributed by atoms with van der Waals surface area (Å²) in [5.74, 6) is -12.2. The van der Waals surface area contributed by atoms with Crippen molar-refractivity contribution < 1.29 is 136 Å². The number of hydrogen-bond acceptors (Lipinski definition) is 28. The van der Waals surface area contributed by atoms with Crippen molar-refractivity contribution in [3.05, 3.63) is 202 Å². The first kappa shape index (κ1) is 88.9. The lowest BCUT2D eigenvalue weighted by molar-refractivity contribution is -0.346. The quantitative estimate of drug-likeness (QED) is 0.0242. The number of esters is 7. The van der Waals surface area contributed by atoms with Gasteiger partial charge in [0.2, 0.25) is 0 Å². The molecular formula is C90H104N2O28. The molecule has 30 nitrogen and oxygen atoms in total. The molecule has 2 amide bonds. The van der Waals surface area contributed by atoms with Crippen LogP contribution >= 0.6 is 0 Å². The number of alkyl carbamates (subject to hydrolysis) is 1. The summed E-state index contributed by atoms with van der Waals surface area (Å²) in [6.45, 7) is 19.8. The maximum atomic E-state index is 15.5. The summed E-state index contributed by atoms with van der Waals surface area (Å²) in [5, 5.41) is 91.8. The molecule has 22 atom stereocenters. The van der Waals surface area contributed by atoms with E-state index in [0.717, 1.165) is 20.8 Å². The number of aliphatic hydroxyl groups excluding tert-OH is 5. The Hall–Kier alpha value is -10.4. The second-order valence-corrected chi connectivity index (χ2v) is 34.9. The summed E-state index contributed by atoms with van der Waals surface area (Å²) < 4.78 is 59.8. The molecule has 13 rings (SSSR count). The van der Waals surface area contributed by atoms with Crippen LogP contribution in [0, 0.1) is 33.5 Å². The topological polar surface area (TPSA) is 446 Å². The maximum absolute atomic E-state index is 15.5. The minimum Gasteiger partial charge on any atom is -0.456 e. The van der Waals surface area contributed by atoms with Gasteiger partial charge in [0, 0.05) is 62.8 Å². The number of ketones is 2. The fourth-order valence-corrected chi connectivity index (χ4v) is 19.7. The van der Waals surface area contributed by atoms with Crippen LogP contribution in [0.25, 0.3) is 0 Å². The zero-order valence-corrected chi connectivity index (χ0v) is 69.1. The summed E-state index contributed by atoms with van der Waals surface area (Å²) in [5.41, 5.74) is -15.2. The number of aliphatic hydroxyl groups is 7. The zero-order chi connectivity index (χ0) is 87.7. The van der Waals surface area contributed by atoms with E-state index in [2.05, 4.69) is 10.6 Å². The first-order valence-electron chi connectivity index (χ1n) is 39.8. The molecule has 2 heterocycles. The highest BCUT2D eigenvalue weighted by atomic mass is 16.7. The normalized spacial score (nSPS) is 32.7. The number of amides is 2. The number of hydrogen-bond donors (Lipinski definition) is 9. The van der Waals surface area contributed by atoms with Gasteiger partial charge in [0.25, 0.3) is 5.91 Å². The van der Waals surface area contributed by atoms with Crippen LogP contribution in [0.3, 0.4) is 0 Å². The molecule has 6 aliphatic carbocycles. The maximum Gasteiger partial charge on any atom is 0.408 e. The monoisotopic (exact) mass is 1660 g/mol. The van der Waals surface area contributed by atoms with E-state index < -0.39 is 225 Å². The highest BCUT2D eigenvalue weighted by molar-refractivity contribution is 5.97. The fourth-order valence-electron chi connectivity index (χ4n) is 19.7. The molecule has 9 N–H and O–H groups in total. The fraction of sp³-hybridized carbons (Fsp3) is 0.500. The van der Waals surface area contributed by atoms with Gasteiger partial charge in [-0.2, -0.15) is 0 Å². The molecule has 4 bridgehead atoms.